The van der Waals surface area contributed by atoms with Gasteiger partial charge in [-0.15, -0.1) is 0 Å². The van der Waals surface area contributed by atoms with E-state index in [0.29, 0.717) is 24.2 Å². The maximum Gasteiger partial charge on any atom is 0.279 e. The molecule has 2 heterocycles. The lowest BCUT2D eigenvalue weighted by atomic mass is 10.0. The Balaban J connectivity index is 1.40. The number of pyridine rings is 1. The molecule has 6 nitrogen and oxygen atoms in total. The molecule has 0 spiro atoms. The number of quaternary nitrogens is 1. The van der Waals surface area contributed by atoms with Gasteiger partial charge in [0.2, 0.25) is 0 Å². The van der Waals surface area contributed by atoms with E-state index >= 15 is 0 Å². The van der Waals surface area contributed by atoms with Crippen LogP contribution in [0, 0.1) is 0 Å². The van der Waals surface area contributed by atoms with Crippen molar-refractivity contribution < 1.29 is 14.0 Å². The first kappa shape index (κ1) is 18.1. The summed E-state index contributed by atoms with van der Waals surface area (Å²) in [5.74, 6) is 0.0173. The zero-order valence-corrected chi connectivity index (χ0v) is 16.5. The highest BCUT2D eigenvalue weighted by Gasteiger charge is 2.28. The second-order valence-corrected chi connectivity index (χ2v) is 8.29. The molecule has 2 aliphatic rings. The first-order valence-electron chi connectivity index (χ1n) is 10.0. The number of likely N-dealkylation sites (N-methyl/N-ethyl adjacent to an activating group) is 1. The molecule has 1 aromatic heterocycles. The molecule has 29 heavy (non-hydrogen) atoms. The number of ether oxygens (including phenoxy) is 1. The number of aromatic nitrogens is 1. The van der Waals surface area contributed by atoms with Crippen molar-refractivity contribution in [2.45, 2.75) is 6.42 Å². The average molecular weight is 390 g/mol. The lowest BCUT2D eigenvalue weighted by molar-refractivity contribution is -0.909. The molecule has 1 saturated heterocycles. The van der Waals surface area contributed by atoms with Gasteiger partial charge in [-0.25, -0.2) is 0 Å². The van der Waals surface area contributed by atoms with Crippen LogP contribution in [-0.4, -0.2) is 55.3 Å². The minimum absolute atomic E-state index is 0.0173. The van der Waals surface area contributed by atoms with E-state index < -0.39 is 0 Å². The molecule has 5 rings (SSSR count). The van der Waals surface area contributed by atoms with Crippen molar-refractivity contribution in [1.82, 2.24) is 4.98 Å². The lowest BCUT2D eigenvalue weighted by Gasteiger charge is -2.36. The molecule has 3 aromatic rings. The molecular weight excluding hydrogens is 366 g/mol. The zero-order chi connectivity index (χ0) is 20.0. The molecule has 1 amide bonds. The Morgan fingerprint density at radius 3 is 2.69 bits per heavy atom. The fraction of sp³-hybridized carbons (Fsp3) is 0.304. The number of anilines is 1. The SMILES string of the molecule is C[N+]1(CC(=O)Nc2ccc3c(c2)Cc2c-3[nH]c(=O)c3ccccc23)CCOCC1. The second-order valence-electron chi connectivity index (χ2n) is 8.29. The van der Waals surface area contributed by atoms with Crippen molar-refractivity contribution in [3.8, 4) is 11.3 Å². The van der Waals surface area contributed by atoms with E-state index in [0.717, 1.165) is 58.4 Å². The van der Waals surface area contributed by atoms with Gasteiger partial charge in [0.25, 0.3) is 11.5 Å². The number of carbonyl (C=O) groups excluding carboxylic acids is 1. The van der Waals surface area contributed by atoms with Gasteiger partial charge in [0, 0.05) is 23.1 Å². The third kappa shape index (κ3) is 3.24. The van der Waals surface area contributed by atoms with Crippen LogP contribution in [0.1, 0.15) is 11.1 Å². The minimum atomic E-state index is -0.0629. The van der Waals surface area contributed by atoms with Crippen molar-refractivity contribution in [3.63, 3.8) is 0 Å². The van der Waals surface area contributed by atoms with E-state index in [1.54, 1.807) is 0 Å². The summed E-state index contributed by atoms with van der Waals surface area (Å²) in [6.45, 7) is 3.55. The van der Waals surface area contributed by atoms with Crippen LogP contribution in [0.2, 0.25) is 0 Å². The number of nitrogens with zero attached hydrogens (tertiary/aromatic N) is 1. The van der Waals surface area contributed by atoms with Crippen LogP contribution in [0.25, 0.3) is 22.0 Å². The number of carbonyl (C=O) groups is 1. The van der Waals surface area contributed by atoms with E-state index in [9.17, 15) is 9.59 Å². The first-order chi connectivity index (χ1) is 14.0. The number of rotatable bonds is 3. The molecule has 148 valence electrons. The maximum absolute atomic E-state index is 12.6. The van der Waals surface area contributed by atoms with Crippen LogP contribution in [0.15, 0.2) is 47.3 Å². The Labute approximate surface area is 168 Å². The van der Waals surface area contributed by atoms with Gasteiger partial charge in [0.1, 0.15) is 13.1 Å². The summed E-state index contributed by atoms with van der Waals surface area (Å²) in [6.07, 6.45) is 0.747. The number of amides is 1. The topological polar surface area (TPSA) is 71.2 Å². The molecule has 0 saturated carbocycles. The number of aromatic amines is 1. The summed E-state index contributed by atoms with van der Waals surface area (Å²) in [7, 11) is 2.10. The van der Waals surface area contributed by atoms with Gasteiger partial charge in [-0.3, -0.25) is 9.59 Å². The van der Waals surface area contributed by atoms with Crippen LogP contribution in [-0.2, 0) is 16.0 Å². The largest absolute Gasteiger partial charge is 0.370 e. The van der Waals surface area contributed by atoms with Gasteiger partial charge < -0.3 is 19.5 Å². The molecule has 2 N–H and O–H groups in total. The predicted molar refractivity (Wildman–Crippen MR) is 113 cm³/mol. The monoisotopic (exact) mass is 390 g/mol. The molecule has 2 aromatic carbocycles. The molecule has 0 radical (unpaired) electrons. The van der Waals surface area contributed by atoms with Gasteiger partial charge in [-0.1, -0.05) is 24.3 Å². The van der Waals surface area contributed by atoms with Crippen molar-refractivity contribution in [2.24, 2.45) is 0 Å². The van der Waals surface area contributed by atoms with Crippen molar-refractivity contribution in [2.75, 3.05) is 45.2 Å². The highest BCUT2D eigenvalue weighted by molar-refractivity contribution is 5.95. The van der Waals surface area contributed by atoms with E-state index in [1.807, 2.05) is 42.5 Å². The summed E-state index contributed by atoms with van der Waals surface area (Å²) in [6, 6.07) is 13.6. The number of hydrogen-bond acceptors (Lipinski definition) is 3. The highest BCUT2D eigenvalue weighted by Crippen LogP contribution is 2.38. The van der Waals surface area contributed by atoms with Crippen LogP contribution < -0.4 is 10.9 Å². The fourth-order valence-electron chi connectivity index (χ4n) is 4.49. The highest BCUT2D eigenvalue weighted by atomic mass is 16.5. The summed E-state index contributed by atoms with van der Waals surface area (Å²) in [4.78, 5) is 28.1. The maximum atomic E-state index is 12.6. The van der Waals surface area contributed by atoms with Gasteiger partial charge in [-0.2, -0.15) is 0 Å². The van der Waals surface area contributed by atoms with Crippen LogP contribution in [0.5, 0.6) is 0 Å². The first-order valence-corrected chi connectivity index (χ1v) is 10.0. The average Bonchev–Trinajstić information content (AvgIpc) is 3.06. The summed E-state index contributed by atoms with van der Waals surface area (Å²) in [5, 5.41) is 4.77. The Hall–Kier alpha value is -2.96. The summed E-state index contributed by atoms with van der Waals surface area (Å²) in [5.41, 5.74) is 4.93. The quantitative estimate of drug-likeness (QED) is 0.528. The number of fused-ring (bicyclic) bond motifs is 5. The Morgan fingerprint density at radius 1 is 1.14 bits per heavy atom. The number of morpholine rings is 1. The third-order valence-corrected chi connectivity index (χ3v) is 6.14. The lowest BCUT2D eigenvalue weighted by Crippen LogP contribution is -2.55. The van der Waals surface area contributed by atoms with Crippen LogP contribution in [0.3, 0.4) is 0 Å². The van der Waals surface area contributed by atoms with Crippen molar-refractivity contribution in [1.29, 1.82) is 0 Å². The van der Waals surface area contributed by atoms with E-state index in [4.69, 9.17) is 4.74 Å². The number of benzene rings is 2. The molecule has 0 unspecified atom stereocenters. The van der Waals surface area contributed by atoms with Gasteiger partial charge in [0.05, 0.1) is 26.0 Å². The van der Waals surface area contributed by atoms with E-state index in [1.165, 1.54) is 0 Å². The number of H-pyrrole nitrogens is 1. The van der Waals surface area contributed by atoms with E-state index in [2.05, 4.69) is 17.3 Å². The molecule has 6 heteroatoms. The van der Waals surface area contributed by atoms with Crippen molar-refractivity contribution >= 4 is 22.4 Å². The molecule has 0 bridgehead atoms. The number of hydrogen-bond donors (Lipinski definition) is 2. The van der Waals surface area contributed by atoms with Crippen molar-refractivity contribution in [3.05, 3.63) is 63.9 Å². The molecule has 0 atom stereocenters. The molecular formula is C23H24N3O3+. The van der Waals surface area contributed by atoms with Crippen LogP contribution >= 0.6 is 0 Å². The summed E-state index contributed by atoms with van der Waals surface area (Å²) >= 11 is 0. The Bertz CT molecular complexity index is 1180. The third-order valence-electron chi connectivity index (χ3n) is 6.14. The smallest absolute Gasteiger partial charge is 0.279 e. The predicted octanol–water partition coefficient (Wildman–Crippen LogP) is 2.51. The molecule has 1 fully saturated rings. The Kier molecular flexibility index (Phi) is 4.26. The number of nitrogens with one attached hydrogen (secondary N) is 2. The van der Waals surface area contributed by atoms with Gasteiger partial charge >= 0.3 is 0 Å². The summed E-state index contributed by atoms with van der Waals surface area (Å²) < 4.78 is 6.12. The minimum Gasteiger partial charge on any atom is -0.370 e. The fourth-order valence-corrected chi connectivity index (χ4v) is 4.49. The zero-order valence-electron chi connectivity index (χ0n) is 16.5. The standard InChI is InChI=1S/C23H23N3O3/c1-26(8-10-29-11-9-26)14-21(27)24-16-6-7-17-15(12-16)13-20-18-4-2-3-5-19(18)23(28)25-22(17)20/h2-7,12H,8-11,13-14H2,1H3,(H-,24,25,27,28)/p+1. The van der Waals surface area contributed by atoms with Crippen LogP contribution in [0.4, 0.5) is 5.69 Å². The normalized spacial score (nSPS) is 17.0. The molecule has 1 aliphatic heterocycles. The van der Waals surface area contributed by atoms with Gasteiger partial charge in [0.15, 0.2) is 6.54 Å². The van der Waals surface area contributed by atoms with E-state index in [-0.39, 0.29) is 11.5 Å². The van der Waals surface area contributed by atoms with Gasteiger partial charge in [-0.05, 0) is 34.7 Å². The Morgan fingerprint density at radius 2 is 1.90 bits per heavy atom. The molecule has 1 aliphatic carbocycles. The second kappa shape index (κ2) is 6.83.